The topological polar surface area (TPSA) is 56.8 Å². The van der Waals surface area contributed by atoms with Gasteiger partial charge in [0.05, 0.1) is 6.61 Å². The number of thiophene rings is 1. The van der Waals surface area contributed by atoms with Crippen LogP contribution in [0, 0.1) is 0 Å². The van der Waals surface area contributed by atoms with E-state index in [0.29, 0.717) is 19.8 Å². The Bertz CT molecular complexity index is 727. The summed E-state index contributed by atoms with van der Waals surface area (Å²) in [6.07, 6.45) is 0.591. The Morgan fingerprint density at radius 2 is 2.12 bits per heavy atom. The van der Waals surface area contributed by atoms with E-state index >= 15 is 0 Å². The molecule has 0 saturated heterocycles. The van der Waals surface area contributed by atoms with Crippen LogP contribution in [0.4, 0.5) is 0 Å². The van der Waals surface area contributed by atoms with E-state index in [9.17, 15) is 4.79 Å². The predicted octanol–water partition coefficient (Wildman–Crippen LogP) is 3.40. The number of carbonyl (C=O) groups is 1. The van der Waals surface area contributed by atoms with Gasteiger partial charge < -0.3 is 19.5 Å². The molecule has 2 unspecified atom stereocenters. The highest BCUT2D eigenvalue weighted by Gasteiger charge is 2.37. The van der Waals surface area contributed by atoms with Gasteiger partial charge >= 0.3 is 5.97 Å². The maximum atomic E-state index is 10.6. The summed E-state index contributed by atoms with van der Waals surface area (Å²) < 4.78 is 18.3. The van der Waals surface area contributed by atoms with Crippen LogP contribution in [0.2, 0.25) is 0 Å². The molecule has 0 aliphatic heterocycles. The minimum atomic E-state index is -0.426. The molecule has 1 aliphatic rings. The molecular formula is C19H25NO4S. The Morgan fingerprint density at radius 3 is 2.92 bits per heavy atom. The Hall–Kier alpha value is -1.47. The molecule has 2 atom stereocenters. The average molecular weight is 363 g/mol. The first kappa shape index (κ1) is 18.3. The molecule has 1 aliphatic carbocycles. The number of ether oxygens (including phenoxy) is 3. The molecule has 1 aromatic heterocycles. The van der Waals surface area contributed by atoms with Gasteiger partial charge in [-0.05, 0) is 56.0 Å². The van der Waals surface area contributed by atoms with Gasteiger partial charge in [-0.25, -0.2) is 0 Å². The van der Waals surface area contributed by atoms with Crippen LogP contribution < -0.4 is 5.32 Å². The molecule has 0 radical (unpaired) electrons. The molecule has 3 rings (SSSR count). The Morgan fingerprint density at radius 1 is 1.28 bits per heavy atom. The summed E-state index contributed by atoms with van der Waals surface area (Å²) in [4.78, 5) is 11.9. The number of esters is 1. The van der Waals surface area contributed by atoms with Crippen molar-refractivity contribution in [1.29, 1.82) is 0 Å². The highest BCUT2D eigenvalue weighted by atomic mass is 32.1. The molecule has 0 spiro atoms. The van der Waals surface area contributed by atoms with E-state index in [-0.39, 0.29) is 12.3 Å². The van der Waals surface area contributed by atoms with Crippen molar-refractivity contribution in [2.75, 3.05) is 26.3 Å². The van der Waals surface area contributed by atoms with Crippen molar-refractivity contribution >= 4 is 27.4 Å². The summed E-state index contributed by atoms with van der Waals surface area (Å²) in [6, 6.07) is 8.73. The van der Waals surface area contributed by atoms with Crippen LogP contribution >= 0.6 is 11.3 Å². The number of nitrogens with one attached hydrogen (secondary N) is 1. The lowest BCUT2D eigenvalue weighted by molar-refractivity contribution is -0.186. The van der Waals surface area contributed by atoms with Crippen LogP contribution in [0.5, 0.6) is 0 Å². The summed E-state index contributed by atoms with van der Waals surface area (Å²) >= 11 is 1.79. The van der Waals surface area contributed by atoms with Crippen LogP contribution in [0.1, 0.15) is 37.6 Å². The SMILES string of the molecule is CC(=O)OCCNCCCOC(C)OC1(C)c2ccc3sc1cc3c2. The fourth-order valence-electron chi connectivity index (χ4n) is 3.05. The summed E-state index contributed by atoms with van der Waals surface area (Å²) in [7, 11) is 0. The summed E-state index contributed by atoms with van der Waals surface area (Å²) in [5.74, 6) is -0.246. The van der Waals surface area contributed by atoms with Gasteiger partial charge in [-0.1, -0.05) is 6.07 Å². The summed E-state index contributed by atoms with van der Waals surface area (Å²) in [5, 5.41) is 4.51. The van der Waals surface area contributed by atoms with Gasteiger partial charge in [0.25, 0.3) is 0 Å². The molecule has 3 bridgehead atoms. The quantitative estimate of drug-likeness (QED) is 0.398. The first-order chi connectivity index (χ1) is 12.0. The minimum Gasteiger partial charge on any atom is -0.465 e. The number of fused-ring (bicyclic) bond motifs is 2. The second kappa shape index (κ2) is 7.83. The maximum Gasteiger partial charge on any atom is 0.302 e. The van der Waals surface area contributed by atoms with E-state index in [0.717, 1.165) is 13.0 Å². The molecule has 1 heterocycles. The monoisotopic (exact) mass is 363 g/mol. The van der Waals surface area contributed by atoms with Gasteiger partial charge in [-0.15, -0.1) is 11.3 Å². The van der Waals surface area contributed by atoms with Crippen molar-refractivity contribution in [3.8, 4) is 0 Å². The van der Waals surface area contributed by atoms with E-state index in [1.807, 2.05) is 6.92 Å². The second-order valence-electron chi connectivity index (χ2n) is 6.40. The Labute approximate surface area is 152 Å². The highest BCUT2D eigenvalue weighted by molar-refractivity contribution is 7.19. The van der Waals surface area contributed by atoms with Gasteiger partial charge in [0.2, 0.25) is 0 Å². The standard InChI is InChI=1S/C19H25NO4S/c1-13(21)22-10-8-20-7-4-9-23-14(2)24-19(3)16-5-6-17-15(11-16)12-18(19)25-17/h5-6,11-12,14,20H,4,7-10H2,1-3H3. The molecular weight excluding hydrogens is 338 g/mol. The lowest BCUT2D eigenvalue weighted by Crippen LogP contribution is -2.33. The number of benzene rings is 1. The van der Waals surface area contributed by atoms with E-state index in [1.54, 1.807) is 11.3 Å². The second-order valence-corrected chi connectivity index (χ2v) is 7.48. The molecule has 1 aromatic carbocycles. The van der Waals surface area contributed by atoms with Gasteiger partial charge in [-0.2, -0.15) is 0 Å². The van der Waals surface area contributed by atoms with Crippen LogP contribution in [0.15, 0.2) is 24.3 Å². The van der Waals surface area contributed by atoms with E-state index in [1.165, 1.54) is 27.5 Å². The van der Waals surface area contributed by atoms with Crippen molar-refractivity contribution in [3.05, 3.63) is 34.7 Å². The molecule has 25 heavy (non-hydrogen) atoms. The van der Waals surface area contributed by atoms with Crippen LogP contribution in [-0.4, -0.2) is 38.6 Å². The van der Waals surface area contributed by atoms with E-state index in [2.05, 4.69) is 36.5 Å². The van der Waals surface area contributed by atoms with Crippen molar-refractivity contribution in [2.24, 2.45) is 0 Å². The molecule has 1 N–H and O–H groups in total. The molecule has 0 amide bonds. The smallest absolute Gasteiger partial charge is 0.302 e. The van der Waals surface area contributed by atoms with E-state index < -0.39 is 5.60 Å². The zero-order valence-electron chi connectivity index (χ0n) is 15.0. The summed E-state index contributed by atoms with van der Waals surface area (Å²) in [5.41, 5.74) is 0.765. The molecule has 0 saturated carbocycles. The third kappa shape index (κ3) is 4.20. The van der Waals surface area contributed by atoms with Gasteiger partial charge in [0.1, 0.15) is 12.2 Å². The highest BCUT2D eigenvalue weighted by Crippen LogP contribution is 2.46. The third-order valence-corrected chi connectivity index (χ3v) is 5.69. The Balaban J connectivity index is 1.38. The third-order valence-electron chi connectivity index (χ3n) is 4.37. The first-order valence-corrected chi connectivity index (χ1v) is 9.49. The zero-order chi connectivity index (χ0) is 17.9. The van der Waals surface area contributed by atoms with Crippen molar-refractivity contribution in [2.45, 2.75) is 39.1 Å². The maximum absolute atomic E-state index is 10.6. The molecule has 136 valence electrons. The lowest BCUT2D eigenvalue weighted by atomic mass is 9.89. The molecule has 0 fully saturated rings. The first-order valence-electron chi connectivity index (χ1n) is 8.67. The summed E-state index contributed by atoms with van der Waals surface area (Å²) in [6.45, 7) is 7.97. The van der Waals surface area contributed by atoms with Gasteiger partial charge in [0, 0.05) is 23.0 Å². The number of rotatable bonds is 10. The number of hydrogen-bond donors (Lipinski definition) is 1. The fourth-order valence-corrected chi connectivity index (χ4v) is 4.20. The number of hydrogen-bond acceptors (Lipinski definition) is 6. The minimum absolute atomic E-state index is 0.246. The van der Waals surface area contributed by atoms with Crippen LogP contribution in [0.3, 0.4) is 0 Å². The molecule has 6 heteroatoms. The lowest BCUT2D eigenvalue weighted by Gasteiger charge is -2.33. The van der Waals surface area contributed by atoms with Crippen molar-refractivity contribution in [3.63, 3.8) is 0 Å². The predicted molar refractivity (Wildman–Crippen MR) is 98.9 cm³/mol. The molecule has 5 nitrogen and oxygen atoms in total. The zero-order valence-corrected chi connectivity index (χ0v) is 15.8. The van der Waals surface area contributed by atoms with Crippen LogP contribution in [0.25, 0.3) is 10.1 Å². The van der Waals surface area contributed by atoms with Crippen LogP contribution in [-0.2, 0) is 24.6 Å². The Kier molecular flexibility index (Phi) is 5.74. The average Bonchev–Trinajstić information content (AvgIpc) is 2.91. The van der Waals surface area contributed by atoms with Gasteiger partial charge in [0.15, 0.2) is 6.29 Å². The van der Waals surface area contributed by atoms with E-state index in [4.69, 9.17) is 14.2 Å². The number of carbonyl (C=O) groups excluding carboxylic acids is 1. The van der Waals surface area contributed by atoms with Crippen molar-refractivity contribution in [1.82, 2.24) is 5.32 Å². The molecule has 2 aromatic rings. The van der Waals surface area contributed by atoms with Gasteiger partial charge in [-0.3, -0.25) is 4.79 Å². The normalized spacial score (nSPS) is 19.6. The largest absolute Gasteiger partial charge is 0.465 e. The fraction of sp³-hybridized carbons (Fsp3) is 0.526. The van der Waals surface area contributed by atoms with Crippen molar-refractivity contribution < 1.29 is 19.0 Å².